The van der Waals surface area contributed by atoms with E-state index in [9.17, 15) is 13.2 Å². The van der Waals surface area contributed by atoms with Gasteiger partial charge < -0.3 is 0 Å². The highest BCUT2D eigenvalue weighted by Crippen LogP contribution is 2.38. The first kappa shape index (κ1) is 11.3. The van der Waals surface area contributed by atoms with E-state index in [2.05, 4.69) is 4.98 Å². The van der Waals surface area contributed by atoms with Crippen molar-refractivity contribution in [1.29, 1.82) is 0 Å². The van der Waals surface area contributed by atoms with Crippen LogP contribution < -0.4 is 0 Å². The molecule has 0 amide bonds. The summed E-state index contributed by atoms with van der Waals surface area (Å²) in [5, 5.41) is -0.248. The normalized spacial score (nSPS) is 11.9. The van der Waals surface area contributed by atoms with E-state index in [1.54, 1.807) is 6.92 Å². The molecule has 0 saturated carbocycles. The van der Waals surface area contributed by atoms with E-state index in [1.807, 2.05) is 0 Å². The van der Waals surface area contributed by atoms with Gasteiger partial charge in [-0.3, -0.25) is 4.98 Å². The summed E-state index contributed by atoms with van der Waals surface area (Å²) < 4.78 is 37.5. The van der Waals surface area contributed by atoms with E-state index >= 15 is 0 Å². The fourth-order valence-electron chi connectivity index (χ4n) is 1.23. The molecule has 0 fully saturated rings. The zero-order chi connectivity index (χ0) is 11.1. The lowest BCUT2D eigenvalue weighted by atomic mass is 10.1. The predicted octanol–water partition coefficient (Wildman–Crippen LogP) is 3.68. The highest BCUT2D eigenvalue weighted by Gasteiger charge is 2.36. The summed E-state index contributed by atoms with van der Waals surface area (Å²) >= 11 is 5.63. The molecule has 78 valence electrons. The Labute approximate surface area is 84.9 Å². The van der Waals surface area contributed by atoms with Gasteiger partial charge in [0.25, 0.3) is 0 Å². The van der Waals surface area contributed by atoms with Gasteiger partial charge in [0.2, 0.25) is 0 Å². The number of aryl methyl sites for hydroxylation is 2. The molecule has 1 heterocycles. The molecule has 1 rings (SSSR count). The van der Waals surface area contributed by atoms with E-state index in [1.165, 1.54) is 13.8 Å². The van der Waals surface area contributed by atoms with Crippen LogP contribution in [0.3, 0.4) is 0 Å². The van der Waals surface area contributed by atoms with Crippen molar-refractivity contribution < 1.29 is 13.2 Å². The minimum atomic E-state index is -4.44. The minimum Gasteiger partial charge on any atom is -0.257 e. The molecule has 0 atom stereocenters. The first-order valence-electron chi connectivity index (χ1n) is 3.95. The van der Waals surface area contributed by atoms with Gasteiger partial charge in [0.15, 0.2) is 0 Å². The van der Waals surface area contributed by atoms with Crippen molar-refractivity contribution in [2.45, 2.75) is 26.9 Å². The van der Waals surface area contributed by atoms with Crippen LogP contribution in [0.5, 0.6) is 0 Å². The fourth-order valence-corrected chi connectivity index (χ4v) is 1.61. The monoisotopic (exact) mass is 223 g/mol. The summed E-state index contributed by atoms with van der Waals surface area (Å²) in [5.41, 5.74) is -0.00189. The third-order valence-electron chi connectivity index (χ3n) is 2.07. The molecule has 1 aromatic heterocycles. The van der Waals surface area contributed by atoms with E-state index in [4.69, 9.17) is 11.6 Å². The van der Waals surface area contributed by atoms with Crippen molar-refractivity contribution in [3.8, 4) is 0 Å². The summed E-state index contributed by atoms with van der Waals surface area (Å²) in [6.07, 6.45) is -4.44. The maximum absolute atomic E-state index is 12.5. The average Bonchev–Trinajstić information content (AvgIpc) is 1.97. The van der Waals surface area contributed by atoms with Gasteiger partial charge in [0.05, 0.1) is 16.3 Å². The van der Waals surface area contributed by atoms with Gasteiger partial charge in [0.1, 0.15) is 0 Å². The van der Waals surface area contributed by atoms with Crippen LogP contribution in [0.1, 0.15) is 22.5 Å². The van der Waals surface area contributed by atoms with Crippen LogP contribution in [0.25, 0.3) is 0 Å². The smallest absolute Gasteiger partial charge is 0.257 e. The lowest BCUT2D eigenvalue weighted by Gasteiger charge is -2.14. The second-order valence-corrected chi connectivity index (χ2v) is 3.47. The molecular formula is C9H9ClF3N. The lowest BCUT2D eigenvalue weighted by molar-refractivity contribution is -0.138. The van der Waals surface area contributed by atoms with Crippen LogP contribution in [0.4, 0.5) is 13.2 Å². The number of hydrogen-bond acceptors (Lipinski definition) is 1. The zero-order valence-corrected chi connectivity index (χ0v) is 8.72. The molecule has 0 aromatic carbocycles. The van der Waals surface area contributed by atoms with Crippen LogP contribution >= 0.6 is 11.6 Å². The fraction of sp³-hybridized carbons (Fsp3) is 0.444. The summed E-state index contributed by atoms with van der Waals surface area (Å²) in [7, 11) is 0. The predicted molar refractivity (Wildman–Crippen MR) is 48.5 cm³/mol. The van der Waals surface area contributed by atoms with Crippen molar-refractivity contribution in [2.24, 2.45) is 0 Å². The van der Waals surface area contributed by atoms with Gasteiger partial charge in [0, 0.05) is 5.69 Å². The molecule has 0 N–H and O–H groups in total. The van der Waals surface area contributed by atoms with Gasteiger partial charge >= 0.3 is 6.18 Å². The van der Waals surface area contributed by atoms with Gasteiger partial charge in [-0.2, -0.15) is 13.2 Å². The molecule has 1 nitrogen and oxygen atoms in total. The number of pyridine rings is 1. The van der Waals surface area contributed by atoms with Crippen molar-refractivity contribution in [1.82, 2.24) is 4.98 Å². The maximum atomic E-state index is 12.5. The molecule has 14 heavy (non-hydrogen) atoms. The van der Waals surface area contributed by atoms with E-state index in [0.717, 1.165) is 0 Å². The zero-order valence-electron chi connectivity index (χ0n) is 7.96. The Balaban J connectivity index is 3.53. The molecule has 5 heteroatoms. The van der Waals surface area contributed by atoms with E-state index < -0.39 is 11.7 Å². The van der Waals surface area contributed by atoms with Crippen LogP contribution in [0, 0.1) is 20.8 Å². The summed E-state index contributed by atoms with van der Waals surface area (Å²) in [6, 6.07) is 0. The third kappa shape index (κ3) is 1.85. The minimum absolute atomic E-state index is 0.0781. The van der Waals surface area contributed by atoms with Crippen LogP contribution in [0.2, 0.25) is 5.02 Å². The Kier molecular flexibility index (Phi) is 2.76. The molecule has 0 aliphatic heterocycles. The lowest BCUT2D eigenvalue weighted by Crippen LogP contribution is -2.11. The van der Waals surface area contributed by atoms with E-state index in [0.29, 0.717) is 11.3 Å². The maximum Gasteiger partial charge on any atom is 0.419 e. The van der Waals surface area contributed by atoms with Gasteiger partial charge in [-0.05, 0) is 26.3 Å². The number of hydrogen-bond donors (Lipinski definition) is 0. The molecule has 0 unspecified atom stereocenters. The second kappa shape index (κ2) is 3.42. The molecule has 0 radical (unpaired) electrons. The number of halogens is 4. The third-order valence-corrected chi connectivity index (χ3v) is 2.54. The number of aromatic nitrogens is 1. The molecule has 0 bridgehead atoms. The Morgan fingerprint density at radius 3 is 2.00 bits per heavy atom. The standard InChI is InChI=1S/C9H9ClF3N/c1-4-5(2)14-6(3)7(8(4)10)9(11,12)13/h1-3H3. The Bertz CT molecular complexity index is 371. The Morgan fingerprint density at radius 2 is 1.57 bits per heavy atom. The van der Waals surface area contributed by atoms with Gasteiger partial charge in [-0.1, -0.05) is 11.6 Å². The highest BCUT2D eigenvalue weighted by molar-refractivity contribution is 6.32. The van der Waals surface area contributed by atoms with Crippen molar-refractivity contribution in [2.75, 3.05) is 0 Å². The Morgan fingerprint density at radius 1 is 1.07 bits per heavy atom. The molecule has 0 spiro atoms. The first-order valence-corrected chi connectivity index (χ1v) is 4.33. The number of rotatable bonds is 0. The second-order valence-electron chi connectivity index (χ2n) is 3.09. The summed E-state index contributed by atoms with van der Waals surface area (Å²) in [6.45, 7) is 4.47. The SMILES string of the molecule is Cc1nc(C)c(C(F)(F)F)c(Cl)c1C. The van der Waals surface area contributed by atoms with E-state index in [-0.39, 0.29) is 10.7 Å². The summed E-state index contributed by atoms with van der Waals surface area (Å²) in [4.78, 5) is 3.80. The topological polar surface area (TPSA) is 12.9 Å². The van der Waals surface area contributed by atoms with Crippen molar-refractivity contribution in [3.63, 3.8) is 0 Å². The van der Waals surface area contributed by atoms with Crippen LogP contribution in [-0.4, -0.2) is 4.98 Å². The van der Waals surface area contributed by atoms with Gasteiger partial charge in [-0.15, -0.1) is 0 Å². The highest BCUT2D eigenvalue weighted by atomic mass is 35.5. The van der Waals surface area contributed by atoms with Crippen molar-refractivity contribution in [3.05, 3.63) is 27.5 Å². The molecule has 0 saturated heterocycles. The van der Waals surface area contributed by atoms with Gasteiger partial charge in [-0.25, -0.2) is 0 Å². The summed E-state index contributed by atoms with van der Waals surface area (Å²) in [5.74, 6) is 0. The molecular weight excluding hydrogens is 215 g/mol. The van der Waals surface area contributed by atoms with Crippen LogP contribution in [-0.2, 0) is 6.18 Å². The molecule has 0 aliphatic rings. The molecule has 0 aliphatic carbocycles. The number of nitrogens with zero attached hydrogens (tertiary/aromatic N) is 1. The quantitative estimate of drug-likeness (QED) is 0.654. The molecule has 1 aromatic rings. The first-order chi connectivity index (χ1) is 6.25. The number of alkyl halides is 3. The Hall–Kier alpha value is -0.770. The average molecular weight is 224 g/mol. The largest absolute Gasteiger partial charge is 0.419 e. The van der Waals surface area contributed by atoms with Crippen molar-refractivity contribution >= 4 is 11.6 Å². The van der Waals surface area contributed by atoms with Crippen LogP contribution in [0.15, 0.2) is 0 Å².